The van der Waals surface area contributed by atoms with Crippen LogP contribution in [-0.2, 0) is 10.0 Å². The first kappa shape index (κ1) is 19.7. The van der Waals surface area contributed by atoms with Crippen LogP contribution >= 0.6 is 11.6 Å². The van der Waals surface area contributed by atoms with Crippen LogP contribution in [0.1, 0.15) is 5.76 Å². The van der Waals surface area contributed by atoms with Crippen molar-refractivity contribution in [2.75, 3.05) is 13.1 Å². The molecule has 3 aromatic rings. The molecule has 0 unspecified atom stereocenters. The second-order valence-corrected chi connectivity index (χ2v) is 9.19. The summed E-state index contributed by atoms with van der Waals surface area (Å²) < 4.78 is 37.8. The Morgan fingerprint density at radius 1 is 1.03 bits per heavy atom. The van der Waals surface area contributed by atoms with Crippen LogP contribution in [0.4, 0.5) is 0 Å². The van der Waals surface area contributed by atoms with Crippen LogP contribution in [0.2, 0.25) is 5.02 Å². The zero-order valence-corrected chi connectivity index (χ0v) is 17.1. The standard InChI is InChI=1S/C21H18ClNO5S/c1-14-9-18(11-21(24)27-14)28-19-12-23(13-19)29(25,26)20-4-2-3-16(10-20)15-5-7-17(22)8-6-15/h2-11,19H,12-13H2,1H3. The van der Waals surface area contributed by atoms with E-state index in [-0.39, 0.29) is 24.1 Å². The molecule has 0 atom stereocenters. The molecule has 1 fully saturated rings. The van der Waals surface area contributed by atoms with Gasteiger partial charge in [0.1, 0.15) is 17.6 Å². The SMILES string of the molecule is Cc1cc(OC2CN(S(=O)(=O)c3cccc(-c4ccc(Cl)cc4)c3)C2)cc(=O)o1. The second-order valence-electron chi connectivity index (χ2n) is 6.82. The number of ether oxygens (including phenoxy) is 1. The number of rotatable bonds is 5. The Kier molecular flexibility index (Phi) is 5.21. The van der Waals surface area contributed by atoms with Crippen molar-refractivity contribution in [2.24, 2.45) is 0 Å². The van der Waals surface area contributed by atoms with Gasteiger partial charge < -0.3 is 9.15 Å². The van der Waals surface area contributed by atoms with Crippen LogP contribution in [0.5, 0.6) is 5.75 Å². The van der Waals surface area contributed by atoms with E-state index in [0.717, 1.165) is 11.1 Å². The highest BCUT2D eigenvalue weighted by Gasteiger charge is 2.38. The van der Waals surface area contributed by atoms with Crippen LogP contribution in [0.3, 0.4) is 0 Å². The summed E-state index contributed by atoms with van der Waals surface area (Å²) in [5.41, 5.74) is 1.18. The normalized spacial score (nSPS) is 15.1. The molecule has 8 heteroatoms. The summed E-state index contributed by atoms with van der Waals surface area (Å²) in [4.78, 5) is 11.6. The predicted octanol–water partition coefficient (Wildman–Crippen LogP) is 3.72. The molecule has 150 valence electrons. The lowest BCUT2D eigenvalue weighted by molar-refractivity contribution is 0.0754. The van der Waals surface area contributed by atoms with Crippen LogP contribution in [-0.4, -0.2) is 31.9 Å². The highest BCUT2D eigenvalue weighted by Crippen LogP contribution is 2.28. The number of sulfonamides is 1. The monoisotopic (exact) mass is 431 g/mol. The van der Waals surface area contributed by atoms with E-state index < -0.39 is 15.6 Å². The van der Waals surface area contributed by atoms with Gasteiger partial charge in [0.25, 0.3) is 0 Å². The third kappa shape index (κ3) is 4.22. The van der Waals surface area contributed by atoms with Crippen LogP contribution in [0.15, 0.2) is 74.8 Å². The van der Waals surface area contributed by atoms with E-state index in [1.54, 1.807) is 43.3 Å². The fourth-order valence-electron chi connectivity index (χ4n) is 3.14. The van der Waals surface area contributed by atoms with Gasteiger partial charge in [-0.3, -0.25) is 0 Å². The van der Waals surface area contributed by atoms with Crippen molar-refractivity contribution >= 4 is 21.6 Å². The fourth-order valence-corrected chi connectivity index (χ4v) is 4.81. The summed E-state index contributed by atoms with van der Waals surface area (Å²) in [6.45, 7) is 2.08. The Labute approximate surface area is 173 Å². The van der Waals surface area contributed by atoms with Gasteiger partial charge in [-0.15, -0.1) is 0 Å². The molecule has 6 nitrogen and oxygen atoms in total. The lowest BCUT2D eigenvalue weighted by Gasteiger charge is -2.37. The first-order valence-electron chi connectivity index (χ1n) is 8.96. The van der Waals surface area contributed by atoms with Gasteiger partial charge in [-0.25, -0.2) is 13.2 Å². The van der Waals surface area contributed by atoms with E-state index in [4.69, 9.17) is 20.8 Å². The van der Waals surface area contributed by atoms with Crippen molar-refractivity contribution in [3.63, 3.8) is 0 Å². The van der Waals surface area contributed by atoms with Gasteiger partial charge >= 0.3 is 5.63 Å². The third-order valence-electron chi connectivity index (χ3n) is 4.63. The molecule has 1 aromatic heterocycles. The molecule has 0 radical (unpaired) electrons. The molecular weight excluding hydrogens is 414 g/mol. The average Bonchev–Trinajstić information content (AvgIpc) is 2.64. The minimum Gasteiger partial charge on any atom is -0.487 e. The summed E-state index contributed by atoms with van der Waals surface area (Å²) in [7, 11) is -3.64. The largest absolute Gasteiger partial charge is 0.487 e. The quantitative estimate of drug-likeness (QED) is 0.615. The van der Waals surface area contributed by atoms with Crippen LogP contribution in [0.25, 0.3) is 11.1 Å². The molecule has 0 bridgehead atoms. The molecule has 0 spiro atoms. The summed E-state index contributed by atoms with van der Waals surface area (Å²) in [6, 6.07) is 16.9. The van der Waals surface area contributed by atoms with E-state index in [9.17, 15) is 13.2 Å². The van der Waals surface area contributed by atoms with Crippen molar-refractivity contribution in [3.05, 3.63) is 81.9 Å². The zero-order chi connectivity index (χ0) is 20.6. The third-order valence-corrected chi connectivity index (χ3v) is 6.71. The average molecular weight is 432 g/mol. The highest BCUT2D eigenvalue weighted by molar-refractivity contribution is 7.89. The smallest absolute Gasteiger partial charge is 0.339 e. The first-order valence-corrected chi connectivity index (χ1v) is 10.8. The summed E-state index contributed by atoms with van der Waals surface area (Å²) in [5, 5.41) is 0.621. The van der Waals surface area contributed by atoms with E-state index >= 15 is 0 Å². The topological polar surface area (TPSA) is 76.8 Å². The number of hydrogen-bond acceptors (Lipinski definition) is 5. The minimum absolute atomic E-state index is 0.215. The van der Waals surface area contributed by atoms with Gasteiger partial charge in [0.15, 0.2) is 0 Å². The Balaban J connectivity index is 1.48. The maximum absolute atomic E-state index is 12.9. The molecule has 0 amide bonds. The van der Waals surface area contributed by atoms with Crippen molar-refractivity contribution in [2.45, 2.75) is 17.9 Å². The fraction of sp³-hybridized carbons (Fsp3) is 0.190. The highest BCUT2D eigenvalue weighted by atomic mass is 35.5. The predicted molar refractivity (Wildman–Crippen MR) is 110 cm³/mol. The van der Waals surface area contributed by atoms with Gasteiger partial charge in [0.2, 0.25) is 10.0 Å². The van der Waals surface area contributed by atoms with Gasteiger partial charge in [-0.1, -0.05) is 35.9 Å². The van der Waals surface area contributed by atoms with Crippen molar-refractivity contribution in [1.29, 1.82) is 0 Å². The number of aryl methyl sites for hydroxylation is 1. The lowest BCUT2D eigenvalue weighted by Crippen LogP contribution is -2.56. The molecule has 0 aliphatic carbocycles. The molecule has 2 aromatic carbocycles. The van der Waals surface area contributed by atoms with Crippen molar-refractivity contribution < 1.29 is 17.6 Å². The van der Waals surface area contributed by atoms with Gasteiger partial charge in [-0.05, 0) is 42.3 Å². The zero-order valence-electron chi connectivity index (χ0n) is 15.5. The van der Waals surface area contributed by atoms with Gasteiger partial charge in [-0.2, -0.15) is 4.31 Å². The molecule has 4 rings (SSSR count). The van der Waals surface area contributed by atoms with E-state index in [2.05, 4.69) is 0 Å². The molecule has 1 aliphatic heterocycles. The molecule has 1 aliphatic rings. The molecule has 29 heavy (non-hydrogen) atoms. The molecule has 2 heterocycles. The first-order chi connectivity index (χ1) is 13.8. The van der Waals surface area contributed by atoms with Crippen molar-refractivity contribution in [3.8, 4) is 16.9 Å². The van der Waals surface area contributed by atoms with Crippen LogP contribution in [0, 0.1) is 6.92 Å². The Bertz CT molecular complexity index is 1200. The molecule has 0 saturated carbocycles. The van der Waals surface area contributed by atoms with Gasteiger partial charge in [0, 0.05) is 11.1 Å². The van der Waals surface area contributed by atoms with E-state index in [1.165, 1.54) is 10.4 Å². The number of halogens is 1. The summed E-state index contributed by atoms with van der Waals surface area (Å²) in [5.74, 6) is 0.820. The van der Waals surface area contributed by atoms with Gasteiger partial charge in [0.05, 0.1) is 24.1 Å². The van der Waals surface area contributed by atoms with E-state index in [1.807, 2.05) is 18.2 Å². The summed E-state index contributed by atoms with van der Waals surface area (Å²) in [6.07, 6.45) is -0.314. The number of benzene rings is 2. The molecule has 0 N–H and O–H groups in total. The molecular formula is C21H18ClNO5S. The van der Waals surface area contributed by atoms with Crippen LogP contribution < -0.4 is 10.4 Å². The minimum atomic E-state index is -3.64. The molecule has 1 saturated heterocycles. The maximum Gasteiger partial charge on any atom is 0.339 e. The Morgan fingerprint density at radius 2 is 1.76 bits per heavy atom. The number of nitrogens with zero attached hydrogens (tertiary/aromatic N) is 1. The lowest BCUT2D eigenvalue weighted by atomic mass is 10.1. The Hall–Kier alpha value is -2.61. The second kappa shape index (κ2) is 7.67. The maximum atomic E-state index is 12.9. The van der Waals surface area contributed by atoms with Crippen molar-refractivity contribution in [1.82, 2.24) is 4.31 Å². The van der Waals surface area contributed by atoms with E-state index in [0.29, 0.717) is 16.5 Å². The Morgan fingerprint density at radius 3 is 2.45 bits per heavy atom. The summed E-state index contributed by atoms with van der Waals surface area (Å²) >= 11 is 5.92. The number of hydrogen-bond donors (Lipinski definition) is 0.